The van der Waals surface area contributed by atoms with Crippen LogP contribution in [0.2, 0.25) is 10.0 Å². The topological polar surface area (TPSA) is 97.0 Å². The monoisotopic (exact) mass is 547 g/mol. The van der Waals surface area contributed by atoms with Gasteiger partial charge in [-0.25, -0.2) is 0 Å². The highest BCUT2D eigenvalue weighted by Gasteiger charge is 2.73. The number of rotatable bonds is 6. The predicted molar refractivity (Wildman–Crippen MR) is 138 cm³/mol. The third-order valence-corrected chi connectivity index (χ3v) is 8.87. The summed E-state index contributed by atoms with van der Waals surface area (Å²) >= 11 is 12.2. The molecule has 0 unspecified atom stereocenters. The Bertz CT molecular complexity index is 1110. The number of nitrogens with zero attached hydrogens (tertiary/aromatic N) is 1. The highest BCUT2D eigenvalue weighted by Crippen LogP contribution is 2.55. The second-order valence-electron chi connectivity index (χ2n) is 10.8. The first kappa shape index (κ1) is 25.2. The van der Waals surface area contributed by atoms with Gasteiger partial charge in [0, 0.05) is 34.9 Å². The van der Waals surface area contributed by atoms with Crippen LogP contribution in [0.1, 0.15) is 44.9 Å². The molecule has 2 N–H and O–H groups in total. The largest absolute Gasteiger partial charge is 0.376 e. The quantitative estimate of drug-likeness (QED) is 0.529. The third kappa shape index (κ3) is 4.46. The van der Waals surface area contributed by atoms with Gasteiger partial charge >= 0.3 is 0 Å². The van der Waals surface area contributed by atoms with Crippen LogP contribution in [0.25, 0.3) is 0 Å². The Labute approximate surface area is 226 Å². The summed E-state index contributed by atoms with van der Waals surface area (Å²) in [4.78, 5) is 43.0. The van der Waals surface area contributed by atoms with Gasteiger partial charge in [-0.05, 0) is 43.9 Å². The first-order valence-electron chi connectivity index (χ1n) is 13.2. The number of anilines is 1. The molecule has 3 amide bonds. The number of halogens is 2. The fourth-order valence-corrected chi connectivity index (χ4v) is 7.38. The van der Waals surface area contributed by atoms with E-state index in [1.165, 1.54) is 6.42 Å². The minimum Gasteiger partial charge on any atom is -0.376 e. The number of ether oxygens (including phenoxy) is 2. The van der Waals surface area contributed by atoms with Crippen molar-refractivity contribution in [2.75, 3.05) is 18.5 Å². The van der Waals surface area contributed by atoms with E-state index in [1.807, 2.05) is 12.2 Å². The number of hydrogen-bond donors (Lipinski definition) is 2. The van der Waals surface area contributed by atoms with Crippen LogP contribution in [-0.2, 0) is 23.9 Å². The number of amides is 3. The molecule has 2 bridgehead atoms. The van der Waals surface area contributed by atoms with E-state index in [1.54, 1.807) is 23.1 Å². The molecule has 4 aliphatic heterocycles. The van der Waals surface area contributed by atoms with Gasteiger partial charge in [0.05, 0.1) is 24.0 Å². The van der Waals surface area contributed by atoms with E-state index < -0.39 is 29.6 Å². The Morgan fingerprint density at radius 1 is 1.03 bits per heavy atom. The van der Waals surface area contributed by atoms with E-state index >= 15 is 0 Å². The van der Waals surface area contributed by atoms with Crippen LogP contribution < -0.4 is 10.6 Å². The van der Waals surface area contributed by atoms with Crippen molar-refractivity contribution >= 4 is 46.6 Å². The van der Waals surface area contributed by atoms with Crippen molar-refractivity contribution in [1.29, 1.82) is 0 Å². The molecule has 1 aromatic rings. The van der Waals surface area contributed by atoms with Crippen molar-refractivity contribution in [3.05, 3.63) is 40.4 Å². The van der Waals surface area contributed by atoms with Crippen molar-refractivity contribution in [2.45, 2.75) is 74.8 Å². The van der Waals surface area contributed by atoms with E-state index in [9.17, 15) is 14.4 Å². The van der Waals surface area contributed by atoms with Gasteiger partial charge in [-0.2, -0.15) is 0 Å². The number of nitrogens with one attached hydrogen (secondary N) is 2. The zero-order chi connectivity index (χ0) is 25.7. The molecular formula is C27H31Cl2N3O5. The van der Waals surface area contributed by atoms with Crippen LogP contribution in [0.15, 0.2) is 30.4 Å². The molecule has 6 atom stereocenters. The Hall–Kier alpha value is -2.13. The molecule has 5 aliphatic rings. The average molecular weight is 548 g/mol. The van der Waals surface area contributed by atoms with E-state index in [-0.39, 0.29) is 29.9 Å². The lowest BCUT2D eigenvalue weighted by molar-refractivity contribution is -0.143. The summed E-state index contributed by atoms with van der Waals surface area (Å²) in [5.41, 5.74) is -0.746. The predicted octanol–water partition coefficient (Wildman–Crippen LogP) is 3.71. The van der Waals surface area contributed by atoms with Gasteiger partial charge in [-0.3, -0.25) is 14.4 Å². The molecule has 37 heavy (non-hydrogen) atoms. The lowest BCUT2D eigenvalue weighted by Gasteiger charge is -2.34. The summed E-state index contributed by atoms with van der Waals surface area (Å²) in [6.45, 7) is 0.950. The molecule has 0 radical (unpaired) electrons. The van der Waals surface area contributed by atoms with E-state index in [0.717, 1.165) is 38.5 Å². The summed E-state index contributed by atoms with van der Waals surface area (Å²) in [7, 11) is 0. The number of likely N-dealkylation sites (tertiary alicyclic amines) is 1. The van der Waals surface area contributed by atoms with Crippen LogP contribution >= 0.6 is 23.2 Å². The highest BCUT2D eigenvalue weighted by atomic mass is 35.5. The maximum absolute atomic E-state index is 14.0. The molecular weight excluding hydrogens is 517 g/mol. The standard InChI is InChI=1S/C27H31Cl2N3O5/c28-15-11-16(29)13-18(12-15)31-24(33)21-20-8-9-27(37-20)22(21)26(35)32(14-19-7-4-10-36-19)23(27)25(34)30-17-5-2-1-3-6-17/h8-9,11-13,17,19-23H,1-7,10,14H2,(H,30,34)(H,31,33)/t19-,20-,21+,22-,23-,27-/m0/s1. The second kappa shape index (κ2) is 9.88. The molecule has 4 heterocycles. The summed E-state index contributed by atoms with van der Waals surface area (Å²) in [6, 6.07) is 4.02. The maximum Gasteiger partial charge on any atom is 0.246 e. The average Bonchev–Trinajstić information content (AvgIpc) is 3.62. The maximum atomic E-state index is 14.0. The molecule has 0 aromatic heterocycles. The third-order valence-electron chi connectivity index (χ3n) is 8.43. The number of benzene rings is 1. The van der Waals surface area contributed by atoms with Gasteiger partial charge in [0.25, 0.3) is 0 Å². The molecule has 8 nitrogen and oxygen atoms in total. The minimum absolute atomic E-state index is 0.0886. The first-order valence-corrected chi connectivity index (χ1v) is 14.0. The van der Waals surface area contributed by atoms with Crippen molar-refractivity contribution in [2.24, 2.45) is 11.8 Å². The lowest BCUT2D eigenvalue weighted by Crippen LogP contribution is -2.57. The van der Waals surface area contributed by atoms with Gasteiger partial charge in [-0.15, -0.1) is 0 Å². The van der Waals surface area contributed by atoms with E-state index in [4.69, 9.17) is 32.7 Å². The van der Waals surface area contributed by atoms with Gasteiger partial charge in [0.2, 0.25) is 17.7 Å². The van der Waals surface area contributed by atoms with Crippen molar-refractivity contribution < 1.29 is 23.9 Å². The molecule has 1 saturated carbocycles. The van der Waals surface area contributed by atoms with Gasteiger partial charge in [0.15, 0.2) is 0 Å². The lowest BCUT2D eigenvalue weighted by atomic mass is 9.74. The molecule has 4 fully saturated rings. The summed E-state index contributed by atoms with van der Waals surface area (Å²) in [5.74, 6) is -2.40. The van der Waals surface area contributed by atoms with Gasteiger partial charge in [-0.1, -0.05) is 54.6 Å². The number of hydrogen-bond acceptors (Lipinski definition) is 5. The van der Waals surface area contributed by atoms with Gasteiger partial charge in [0.1, 0.15) is 11.6 Å². The number of carbonyl (C=O) groups excluding carboxylic acids is 3. The Balaban J connectivity index is 1.30. The smallest absolute Gasteiger partial charge is 0.246 e. The normalized spacial score (nSPS) is 34.7. The Morgan fingerprint density at radius 3 is 2.49 bits per heavy atom. The van der Waals surface area contributed by atoms with E-state index in [0.29, 0.717) is 28.9 Å². The first-order chi connectivity index (χ1) is 17.9. The molecule has 10 heteroatoms. The fraction of sp³-hybridized carbons (Fsp3) is 0.593. The van der Waals surface area contributed by atoms with Crippen molar-refractivity contribution in [3.8, 4) is 0 Å². The molecule has 198 valence electrons. The number of fused-ring (bicyclic) bond motifs is 1. The van der Waals surface area contributed by atoms with Crippen LogP contribution in [0, 0.1) is 11.8 Å². The molecule has 3 saturated heterocycles. The Morgan fingerprint density at radius 2 is 1.78 bits per heavy atom. The van der Waals surface area contributed by atoms with E-state index in [2.05, 4.69) is 10.6 Å². The highest BCUT2D eigenvalue weighted by molar-refractivity contribution is 6.35. The van der Waals surface area contributed by atoms with Crippen molar-refractivity contribution in [1.82, 2.24) is 10.2 Å². The fourth-order valence-electron chi connectivity index (χ4n) is 6.85. The zero-order valence-electron chi connectivity index (χ0n) is 20.5. The molecule has 1 spiro atoms. The summed E-state index contributed by atoms with van der Waals surface area (Å²) < 4.78 is 12.2. The Kier molecular flexibility index (Phi) is 6.72. The van der Waals surface area contributed by atoms with Crippen LogP contribution in [-0.4, -0.2) is 65.7 Å². The van der Waals surface area contributed by atoms with Crippen LogP contribution in [0.3, 0.4) is 0 Å². The second-order valence-corrected chi connectivity index (χ2v) is 11.7. The zero-order valence-corrected chi connectivity index (χ0v) is 22.0. The minimum atomic E-state index is -1.19. The van der Waals surface area contributed by atoms with Crippen LogP contribution in [0.5, 0.6) is 0 Å². The van der Waals surface area contributed by atoms with Gasteiger partial charge < -0.3 is 25.0 Å². The molecule has 1 aromatic carbocycles. The molecule has 6 rings (SSSR count). The van der Waals surface area contributed by atoms with Crippen molar-refractivity contribution in [3.63, 3.8) is 0 Å². The molecule has 1 aliphatic carbocycles. The van der Waals surface area contributed by atoms with Crippen LogP contribution in [0.4, 0.5) is 5.69 Å². The number of carbonyl (C=O) groups is 3. The summed E-state index contributed by atoms with van der Waals surface area (Å²) in [5, 5.41) is 6.85. The SMILES string of the molecule is O=C(Nc1cc(Cl)cc(Cl)c1)[C@@H]1[C@@H]2C=C[C@]3(O2)[C@@H]1C(=O)N(C[C@@H]1CCCO1)[C@H]3C(=O)NC1CCCCC1. The summed E-state index contributed by atoms with van der Waals surface area (Å²) in [6.07, 6.45) is 9.87.